The number of hydrogen-bond donors (Lipinski definition) is 2. The van der Waals surface area contributed by atoms with Gasteiger partial charge in [-0.1, -0.05) is 24.2 Å². The maximum Gasteiger partial charge on any atom is 0.258 e. The second-order valence-electron chi connectivity index (χ2n) is 3.60. The molecule has 0 radical (unpaired) electrons. The Morgan fingerprint density at radius 2 is 2.18 bits per heavy atom. The summed E-state index contributed by atoms with van der Waals surface area (Å²) in [6.45, 7) is 3.46. The van der Waals surface area contributed by atoms with Gasteiger partial charge in [0.25, 0.3) is 5.91 Å². The summed E-state index contributed by atoms with van der Waals surface area (Å²) >= 11 is 0. The highest BCUT2D eigenvalue weighted by Crippen LogP contribution is 2.20. The van der Waals surface area contributed by atoms with E-state index in [0.717, 1.165) is 0 Å². The maximum atomic E-state index is 11.1. The van der Waals surface area contributed by atoms with Crippen molar-refractivity contribution >= 4 is 11.6 Å². The molecule has 0 fully saturated rings. The van der Waals surface area contributed by atoms with Gasteiger partial charge in [-0.25, -0.2) is 0 Å². The molecule has 1 aromatic carbocycles. The third-order valence-corrected chi connectivity index (χ3v) is 2.38. The van der Waals surface area contributed by atoms with Crippen LogP contribution in [-0.4, -0.2) is 22.9 Å². The normalized spacial score (nSPS) is 13.2. The number of oxime groups is 1. The Morgan fingerprint density at radius 3 is 2.71 bits per heavy atom. The highest BCUT2D eigenvalue weighted by atomic mass is 16.5. The topological polar surface area (TPSA) is 84.9 Å². The van der Waals surface area contributed by atoms with Crippen molar-refractivity contribution in [2.75, 3.05) is 0 Å². The Balaban J connectivity index is 3.02. The van der Waals surface area contributed by atoms with E-state index in [-0.39, 0.29) is 0 Å². The van der Waals surface area contributed by atoms with Crippen molar-refractivity contribution in [2.45, 2.75) is 26.4 Å². The van der Waals surface area contributed by atoms with Crippen LogP contribution in [0.4, 0.5) is 0 Å². The average Bonchev–Trinajstić information content (AvgIpc) is 2.35. The molecule has 0 aliphatic rings. The van der Waals surface area contributed by atoms with Crippen molar-refractivity contribution in [3.05, 3.63) is 29.8 Å². The molecule has 0 aliphatic heterocycles. The first kappa shape index (κ1) is 13.0. The predicted octanol–water partition coefficient (Wildman–Crippen LogP) is 1.53. The number of para-hydroxylation sites is 1. The number of carbonyl (C=O) groups is 1. The van der Waals surface area contributed by atoms with E-state index in [0.29, 0.717) is 23.4 Å². The second kappa shape index (κ2) is 5.89. The zero-order valence-electron chi connectivity index (χ0n) is 9.88. The molecule has 0 spiro atoms. The maximum absolute atomic E-state index is 11.1. The lowest BCUT2D eigenvalue weighted by molar-refractivity contribution is -0.124. The number of amides is 1. The molecular weight excluding hydrogens is 220 g/mol. The molecule has 92 valence electrons. The van der Waals surface area contributed by atoms with Gasteiger partial charge in [-0.3, -0.25) is 4.79 Å². The van der Waals surface area contributed by atoms with E-state index in [1.54, 1.807) is 31.2 Å². The Hall–Kier alpha value is -2.04. The van der Waals surface area contributed by atoms with Crippen LogP contribution in [0.3, 0.4) is 0 Å². The smallest absolute Gasteiger partial charge is 0.258 e. The first-order valence-corrected chi connectivity index (χ1v) is 5.34. The number of primary amides is 1. The fraction of sp³-hybridized carbons (Fsp3) is 0.333. The molecule has 1 amide bonds. The van der Waals surface area contributed by atoms with E-state index in [2.05, 4.69) is 5.16 Å². The van der Waals surface area contributed by atoms with Gasteiger partial charge in [-0.2, -0.15) is 0 Å². The Morgan fingerprint density at radius 1 is 1.53 bits per heavy atom. The highest BCUT2D eigenvalue weighted by molar-refractivity contribution is 6.00. The van der Waals surface area contributed by atoms with Crippen LogP contribution in [0.1, 0.15) is 25.8 Å². The molecule has 0 aromatic heterocycles. The van der Waals surface area contributed by atoms with Crippen LogP contribution in [0.15, 0.2) is 29.4 Å². The van der Waals surface area contributed by atoms with Gasteiger partial charge in [-0.05, 0) is 25.5 Å². The molecule has 17 heavy (non-hydrogen) atoms. The Kier molecular flexibility index (Phi) is 4.51. The summed E-state index contributed by atoms with van der Waals surface area (Å²) in [5.74, 6) is -0.0330. The van der Waals surface area contributed by atoms with Crippen molar-refractivity contribution in [2.24, 2.45) is 10.9 Å². The minimum absolute atomic E-state index is 0.417. The zero-order valence-corrected chi connectivity index (χ0v) is 9.88. The number of nitrogens with two attached hydrogens (primary N) is 1. The van der Waals surface area contributed by atoms with Crippen LogP contribution >= 0.6 is 0 Å². The number of carbonyl (C=O) groups excluding carboxylic acids is 1. The second-order valence-corrected chi connectivity index (χ2v) is 3.60. The molecule has 1 aromatic rings. The van der Waals surface area contributed by atoms with Crippen LogP contribution in [-0.2, 0) is 4.79 Å². The van der Waals surface area contributed by atoms with E-state index in [4.69, 9.17) is 15.7 Å². The standard InChI is InChI=1S/C12H16N2O3/c1-3-10(12(13)15)17-11-7-5-4-6-9(11)8(2)14-16/h4-7,10,16H,3H2,1-2H3,(H2,13,15). The molecule has 0 aliphatic carbocycles. The summed E-state index contributed by atoms with van der Waals surface area (Å²) in [7, 11) is 0. The van der Waals surface area contributed by atoms with Gasteiger partial charge in [0.2, 0.25) is 0 Å². The van der Waals surface area contributed by atoms with Gasteiger partial charge in [0, 0.05) is 5.56 Å². The first-order valence-electron chi connectivity index (χ1n) is 5.34. The molecule has 3 N–H and O–H groups in total. The highest BCUT2D eigenvalue weighted by Gasteiger charge is 2.17. The van der Waals surface area contributed by atoms with Gasteiger partial charge >= 0.3 is 0 Å². The summed E-state index contributed by atoms with van der Waals surface area (Å²) in [6.07, 6.45) is -0.193. The van der Waals surface area contributed by atoms with Crippen molar-refractivity contribution in [3.63, 3.8) is 0 Å². The Labute approximate surface area is 99.9 Å². The summed E-state index contributed by atoms with van der Waals surface area (Å²) in [5, 5.41) is 11.9. The lowest BCUT2D eigenvalue weighted by Crippen LogP contribution is -2.33. The van der Waals surface area contributed by atoms with Crippen LogP contribution in [0, 0.1) is 0 Å². The SMILES string of the molecule is CCC(Oc1ccccc1C(C)=NO)C(N)=O. The molecule has 5 heteroatoms. The summed E-state index contributed by atoms with van der Waals surface area (Å²) < 4.78 is 5.51. The summed E-state index contributed by atoms with van der Waals surface area (Å²) in [4.78, 5) is 11.1. The minimum Gasteiger partial charge on any atom is -0.480 e. The van der Waals surface area contributed by atoms with Crippen molar-refractivity contribution in [1.82, 2.24) is 0 Å². The van der Waals surface area contributed by atoms with E-state index in [1.807, 2.05) is 6.92 Å². The van der Waals surface area contributed by atoms with Gasteiger partial charge < -0.3 is 15.7 Å². The Bertz CT molecular complexity index is 430. The predicted molar refractivity (Wildman–Crippen MR) is 64.3 cm³/mol. The number of benzene rings is 1. The van der Waals surface area contributed by atoms with Crippen molar-refractivity contribution in [1.29, 1.82) is 0 Å². The summed E-state index contributed by atoms with van der Waals surface area (Å²) in [6, 6.07) is 7.02. The van der Waals surface area contributed by atoms with E-state index < -0.39 is 12.0 Å². The van der Waals surface area contributed by atoms with E-state index >= 15 is 0 Å². The van der Waals surface area contributed by atoms with Crippen LogP contribution in [0.25, 0.3) is 0 Å². The van der Waals surface area contributed by atoms with Gasteiger partial charge in [0.1, 0.15) is 5.75 Å². The third kappa shape index (κ3) is 3.21. The monoisotopic (exact) mass is 236 g/mol. The van der Waals surface area contributed by atoms with Gasteiger partial charge in [-0.15, -0.1) is 0 Å². The lowest BCUT2D eigenvalue weighted by atomic mass is 10.1. The fourth-order valence-corrected chi connectivity index (χ4v) is 1.42. The van der Waals surface area contributed by atoms with E-state index in [9.17, 15) is 4.79 Å². The van der Waals surface area contributed by atoms with Crippen LogP contribution in [0.5, 0.6) is 5.75 Å². The number of ether oxygens (including phenoxy) is 1. The van der Waals surface area contributed by atoms with E-state index in [1.165, 1.54) is 0 Å². The van der Waals surface area contributed by atoms with Gasteiger partial charge in [0.15, 0.2) is 6.10 Å². The van der Waals surface area contributed by atoms with Crippen molar-refractivity contribution in [3.8, 4) is 5.75 Å². The third-order valence-electron chi connectivity index (χ3n) is 2.38. The van der Waals surface area contributed by atoms with Crippen LogP contribution in [0.2, 0.25) is 0 Å². The molecular formula is C12H16N2O3. The van der Waals surface area contributed by atoms with Crippen molar-refractivity contribution < 1.29 is 14.7 Å². The molecule has 1 unspecified atom stereocenters. The lowest BCUT2D eigenvalue weighted by Gasteiger charge is -2.16. The average molecular weight is 236 g/mol. The van der Waals surface area contributed by atoms with Gasteiger partial charge in [0.05, 0.1) is 5.71 Å². The molecule has 0 saturated heterocycles. The molecule has 0 bridgehead atoms. The quantitative estimate of drug-likeness (QED) is 0.462. The number of rotatable bonds is 5. The molecule has 1 rings (SSSR count). The number of hydrogen-bond acceptors (Lipinski definition) is 4. The summed E-state index contributed by atoms with van der Waals surface area (Å²) in [5.41, 5.74) is 6.26. The minimum atomic E-state index is -0.678. The largest absolute Gasteiger partial charge is 0.480 e. The molecule has 0 heterocycles. The van der Waals surface area contributed by atoms with Crippen LogP contribution < -0.4 is 10.5 Å². The molecule has 0 saturated carbocycles. The first-order chi connectivity index (χ1) is 8.10. The fourth-order valence-electron chi connectivity index (χ4n) is 1.42. The molecule has 5 nitrogen and oxygen atoms in total. The molecule has 1 atom stereocenters. The number of nitrogens with zero attached hydrogens (tertiary/aromatic N) is 1. The zero-order chi connectivity index (χ0) is 12.8.